The number of unbranched alkanes of at least 4 members (excludes halogenated alkanes) is 1. The Balaban J connectivity index is 1.42. The van der Waals surface area contributed by atoms with E-state index in [1.807, 2.05) is 0 Å². The molecular weight excluding hydrogens is 398 g/mol. The van der Waals surface area contributed by atoms with Crippen LogP contribution in [-0.4, -0.2) is 31.8 Å². The van der Waals surface area contributed by atoms with E-state index in [1.165, 1.54) is 30.0 Å². The van der Waals surface area contributed by atoms with E-state index in [2.05, 4.69) is 42.9 Å². The number of methoxy groups -OCH3 is 1. The highest BCUT2D eigenvalue weighted by Gasteiger charge is 2.62. The van der Waals surface area contributed by atoms with Gasteiger partial charge in [0.1, 0.15) is 11.4 Å². The predicted octanol–water partition coefficient (Wildman–Crippen LogP) is 5.02. The standard InChI is InChI=1S/C28H37NO3/c1-5-26(30)29-17-7-8-18-32-28(6-2)16-14-25-24-11-9-20-19-21(31-4)10-12-22(20)23(24)13-15-27(25,28)3/h2,5,10,12,19,23-25H,1,7-9,11,13-18H2,3-4H3,(H,29,30)/t23-,24-,25+,27+,28?/m1/s1. The van der Waals surface area contributed by atoms with Crippen molar-refractivity contribution in [2.75, 3.05) is 20.3 Å². The molecule has 1 unspecified atom stereocenters. The number of nitrogens with one attached hydrogen (secondary N) is 1. The lowest BCUT2D eigenvalue weighted by Crippen LogP contribution is -2.51. The van der Waals surface area contributed by atoms with Crippen molar-refractivity contribution < 1.29 is 14.3 Å². The van der Waals surface area contributed by atoms with E-state index in [0.29, 0.717) is 30.9 Å². The summed E-state index contributed by atoms with van der Waals surface area (Å²) < 4.78 is 12.0. The largest absolute Gasteiger partial charge is 0.497 e. The van der Waals surface area contributed by atoms with Crippen LogP contribution < -0.4 is 10.1 Å². The van der Waals surface area contributed by atoms with Crippen molar-refractivity contribution in [3.63, 3.8) is 0 Å². The van der Waals surface area contributed by atoms with Crippen LogP contribution in [0.3, 0.4) is 0 Å². The average Bonchev–Trinajstić information content (AvgIpc) is 3.12. The van der Waals surface area contributed by atoms with Crippen molar-refractivity contribution in [1.29, 1.82) is 0 Å². The molecule has 5 atom stereocenters. The SMILES string of the molecule is C#CC1(OCCCCNC(=O)C=C)CC[C@H]2[C@@H]3CCc4cc(OC)ccc4[C@H]3CC[C@@]21C. The molecule has 1 aromatic carbocycles. The van der Waals surface area contributed by atoms with Gasteiger partial charge >= 0.3 is 0 Å². The average molecular weight is 436 g/mol. The van der Waals surface area contributed by atoms with Crippen LogP contribution in [0.4, 0.5) is 0 Å². The van der Waals surface area contributed by atoms with Crippen molar-refractivity contribution in [3.05, 3.63) is 42.0 Å². The van der Waals surface area contributed by atoms with Crippen molar-refractivity contribution in [2.24, 2.45) is 17.3 Å². The fraction of sp³-hybridized carbons (Fsp3) is 0.607. The second kappa shape index (κ2) is 9.32. The lowest BCUT2D eigenvalue weighted by Gasteiger charge is -2.53. The molecule has 0 heterocycles. The number of hydrogen-bond donors (Lipinski definition) is 1. The highest BCUT2D eigenvalue weighted by Crippen LogP contribution is 2.65. The van der Waals surface area contributed by atoms with Crippen LogP contribution in [0, 0.1) is 29.6 Å². The number of terminal acetylenes is 1. The minimum atomic E-state index is -0.465. The molecule has 3 aliphatic carbocycles. The quantitative estimate of drug-likeness (QED) is 0.354. The Morgan fingerprint density at radius 2 is 2.16 bits per heavy atom. The Hall–Kier alpha value is -2.25. The van der Waals surface area contributed by atoms with E-state index in [0.717, 1.165) is 44.3 Å². The maximum atomic E-state index is 11.3. The first-order chi connectivity index (χ1) is 15.5. The van der Waals surface area contributed by atoms with Crippen LogP contribution in [0.15, 0.2) is 30.9 Å². The molecule has 4 nitrogen and oxygen atoms in total. The molecule has 1 aromatic rings. The van der Waals surface area contributed by atoms with Gasteiger partial charge in [0.25, 0.3) is 0 Å². The minimum absolute atomic E-state index is 0.0317. The van der Waals surface area contributed by atoms with Gasteiger partial charge in [-0.1, -0.05) is 25.5 Å². The van der Waals surface area contributed by atoms with E-state index < -0.39 is 5.60 Å². The fourth-order valence-corrected chi connectivity index (χ4v) is 6.96. The molecular formula is C28H37NO3. The molecule has 0 spiro atoms. The summed E-state index contributed by atoms with van der Waals surface area (Å²) in [5.74, 6) is 5.91. The number of amides is 1. The van der Waals surface area contributed by atoms with Crippen molar-refractivity contribution in [1.82, 2.24) is 5.32 Å². The van der Waals surface area contributed by atoms with Gasteiger partial charge in [-0.05, 0) is 98.5 Å². The maximum Gasteiger partial charge on any atom is 0.243 e. The molecule has 172 valence electrons. The van der Waals surface area contributed by atoms with Gasteiger partial charge in [-0.2, -0.15) is 0 Å². The third kappa shape index (κ3) is 3.86. The molecule has 0 aliphatic heterocycles. The van der Waals surface area contributed by atoms with Gasteiger partial charge in [-0.3, -0.25) is 4.79 Å². The van der Waals surface area contributed by atoms with Crippen molar-refractivity contribution in [2.45, 2.75) is 69.8 Å². The third-order valence-electron chi connectivity index (χ3n) is 8.69. The van der Waals surface area contributed by atoms with Gasteiger partial charge in [0, 0.05) is 18.6 Å². The summed E-state index contributed by atoms with van der Waals surface area (Å²) in [4.78, 5) is 11.3. The van der Waals surface area contributed by atoms with Gasteiger partial charge in [-0.25, -0.2) is 0 Å². The Morgan fingerprint density at radius 1 is 1.31 bits per heavy atom. The highest BCUT2D eigenvalue weighted by atomic mass is 16.5. The first kappa shape index (κ1) is 22.9. The molecule has 1 N–H and O–H groups in total. The summed E-state index contributed by atoms with van der Waals surface area (Å²) in [6, 6.07) is 6.66. The zero-order valence-corrected chi connectivity index (χ0v) is 19.6. The molecule has 0 saturated heterocycles. The predicted molar refractivity (Wildman–Crippen MR) is 128 cm³/mol. The summed E-state index contributed by atoms with van der Waals surface area (Å²) in [6.07, 6.45) is 16.0. The first-order valence-electron chi connectivity index (χ1n) is 12.2. The van der Waals surface area contributed by atoms with E-state index >= 15 is 0 Å². The lowest BCUT2D eigenvalue weighted by atomic mass is 9.53. The van der Waals surface area contributed by atoms with Gasteiger partial charge in [-0.15, -0.1) is 6.42 Å². The van der Waals surface area contributed by atoms with Crippen LogP contribution >= 0.6 is 0 Å². The zero-order chi connectivity index (χ0) is 22.8. The molecule has 3 aliphatic rings. The molecule has 0 aromatic heterocycles. The van der Waals surface area contributed by atoms with E-state index in [-0.39, 0.29) is 11.3 Å². The smallest absolute Gasteiger partial charge is 0.243 e. The Morgan fingerprint density at radius 3 is 2.91 bits per heavy atom. The zero-order valence-electron chi connectivity index (χ0n) is 19.6. The minimum Gasteiger partial charge on any atom is -0.497 e. The highest BCUT2D eigenvalue weighted by molar-refractivity contribution is 5.86. The van der Waals surface area contributed by atoms with Crippen LogP contribution in [-0.2, 0) is 16.0 Å². The first-order valence-corrected chi connectivity index (χ1v) is 12.2. The Labute approximate surface area is 193 Å². The normalized spacial score (nSPS) is 32.7. The molecule has 2 fully saturated rings. The lowest BCUT2D eigenvalue weighted by molar-refractivity contribution is -0.116. The van der Waals surface area contributed by atoms with Gasteiger partial charge < -0.3 is 14.8 Å². The molecule has 2 saturated carbocycles. The van der Waals surface area contributed by atoms with Crippen molar-refractivity contribution in [3.8, 4) is 18.1 Å². The number of carbonyl (C=O) groups is 1. The Kier molecular flexibility index (Phi) is 6.67. The van der Waals surface area contributed by atoms with Gasteiger partial charge in [0.05, 0.1) is 7.11 Å². The van der Waals surface area contributed by atoms with Crippen LogP contribution in [0.5, 0.6) is 5.75 Å². The van der Waals surface area contributed by atoms with Gasteiger partial charge in [0.2, 0.25) is 5.91 Å². The molecule has 0 bridgehead atoms. The number of aryl methyl sites for hydroxylation is 1. The third-order valence-corrected chi connectivity index (χ3v) is 8.69. The molecule has 4 rings (SSSR count). The molecule has 32 heavy (non-hydrogen) atoms. The summed E-state index contributed by atoms with van der Waals surface area (Å²) in [6.45, 7) is 7.17. The number of ether oxygens (including phenoxy) is 2. The maximum absolute atomic E-state index is 11.3. The van der Waals surface area contributed by atoms with Crippen molar-refractivity contribution >= 4 is 5.91 Å². The number of carbonyl (C=O) groups excluding carboxylic acids is 1. The summed E-state index contributed by atoms with van der Waals surface area (Å²) >= 11 is 0. The number of rotatable bonds is 8. The monoisotopic (exact) mass is 435 g/mol. The Bertz CT molecular complexity index is 902. The number of fused-ring (bicyclic) bond motifs is 5. The van der Waals surface area contributed by atoms with E-state index in [4.69, 9.17) is 15.9 Å². The topological polar surface area (TPSA) is 47.6 Å². The molecule has 4 heteroatoms. The second-order valence-electron chi connectivity index (χ2n) is 10.00. The number of hydrogen-bond acceptors (Lipinski definition) is 3. The van der Waals surface area contributed by atoms with Gasteiger partial charge in [0.15, 0.2) is 0 Å². The number of benzene rings is 1. The van der Waals surface area contributed by atoms with Crippen LogP contribution in [0.1, 0.15) is 68.9 Å². The molecule has 1 amide bonds. The van der Waals surface area contributed by atoms with E-state index in [1.54, 1.807) is 7.11 Å². The van der Waals surface area contributed by atoms with E-state index in [9.17, 15) is 4.79 Å². The summed E-state index contributed by atoms with van der Waals surface area (Å²) in [5, 5.41) is 2.82. The second-order valence-corrected chi connectivity index (χ2v) is 10.00. The summed E-state index contributed by atoms with van der Waals surface area (Å²) in [5.41, 5.74) is 2.57. The summed E-state index contributed by atoms with van der Waals surface area (Å²) in [7, 11) is 1.74. The fourth-order valence-electron chi connectivity index (χ4n) is 6.96. The van der Waals surface area contributed by atoms with Crippen LogP contribution in [0.2, 0.25) is 0 Å². The van der Waals surface area contributed by atoms with Crippen LogP contribution in [0.25, 0.3) is 0 Å². The molecule has 0 radical (unpaired) electrons.